The van der Waals surface area contributed by atoms with E-state index in [4.69, 9.17) is 0 Å². The minimum absolute atomic E-state index is 0.0204. The molecule has 0 spiro atoms. The Hall–Kier alpha value is -1.91. The van der Waals surface area contributed by atoms with Crippen LogP contribution in [-0.4, -0.2) is 24.9 Å². The van der Waals surface area contributed by atoms with Gasteiger partial charge < -0.3 is 5.11 Å². The van der Waals surface area contributed by atoms with E-state index in [1.165, 1.54) is 33.4 Å². The van der Waals surface area contributed by atoms with E-state index < -0.39 is 15.4 Å². The van der Waals surface area contributed by atoms with Gasteiger partial charge in [-0.1, -0.05) is 82.4 Å². The molecule has 0 saturated heterocycles. The fourth-order valence-electron chi connectivity index (χ4n) is 4.77. The molecule has 4 heteroatoms. The maximum atomic E-state index is 13.5. The van der Waals surface area contributed by atoms with Gasteiger partial charge in [0.2, 0.25) is 0 Å². The standard InChI is InChI=1S/C37H62O3S/c1-12-41(39,40)36(35(11)24-15-19-31(6)7)37(38,27-25-33(9)21-14-18-30(4)5)28-26-34(10)23-16-22-32(8)20-13-17-29(2)3/h17-19,22,25-26,38H,12-16,20-21,23-24,27-28H2,1-11H3. The monoisotopic (exact) mass is 586 g/mol. The smallest absolute Gasteiger partial charge is 0.177 e. The molecule has 3 nitrogen and oxygen atoms in total. The number of sulfone groups is 1. The molecule has 1 atom stereocenters. The Morgan fingerprint density at radius 2 is 0.902 bits per heavy atom. The number of allylic oxidation sites excluding steroid dienone is 11. The van der Waals surface area contributed by atoms with Crippen molar-refractivity contribution in [2.24, 2.45) is 0 Å². The van der Waals surface area contributed by atoms with Crippen molar-refractivity contribution in [3.8, 4) is 0 Å². The van der Waals surface area contributed by atoms with Crippen LogP contribution in [0.4, 0.5) is 0 Å². The molecule has 0 aliphatic heterocycles. The Balaban J connectivity index is 6.21. The lowest BCUT2D eigenvalue weighted by molar-refractivity contribution is 0.0906. The van der Waals surface area contributed by atoms with Crippen molar-refractivity contribution < 1.29 is 13.5 Å². The molecule has 0 aliphatic carbocycles. The van der Waals surface area contributed by atoms with Crippen LogP contribution in [0.2, 0.25) is 0 Å². The predicted octanol–water partition coefficient (Wildman–Crippen LogP) is 11.1. The summed E-state index contributed by atoms with van der Waals surface area (Å²) in [5.41, 5.74) is 6.89. The van der Waals surface area contributed by atoms with Crippen LogP contribution < -0.4 is 0 Å². The van der Waals surface area contributed by atoms with Gasteiger partial charge in [-0.15, -0.1) is 0 Å². The summed E-state index contributed by atoms with van der Waals surface area (Å²) in [7, 11) is -3.61. The van der Waals surface area contributed by atoms with Crippen molar-refractivity contribution in [2.75, 3.05) is 5.75 Å². The fraction of sp³-hybridized carbons (Fsp3) is 0.622. The van der Waals surface area contributed by atoms with Crippen LogP contribution in [0.3, 0.4) is 0 Å². The summed E-state index contributed by atoms with van der Waals surface area (Å²) in [6.45, 7) is 22.5. The van der Waals surface area contributed by atoms with Gasteiger partial charge in [-0.3, -0.25) is 0 Å². The van der Waals surface area contributed by atoms with Crippen LogP contribution in [0, 0.1) is 0 Å². The van der Waals surface area contributed by atoms with Gasteiger partial charge in [0.25, 0.3) is 0 Å². The van der Waals surface area contributed by atoms with Crippen LogP contribution in [-0.2, 0) is 9.84 Å². The Morgan fingerprint density at radius 1 is 0.561 bits per heavy atom. The third kappa shape index (κ3) is 17.6. The van der Waals surface area contributed by atoms with E-state index in [2.05, 4.69) is 98.8 Å². The summed E-state index contributed by atoms with van der Waals surface area (Å²) >= 11 is 0. The number of hydrogen-bond donors (Lipinski definition) is 1. The van der Waals surface area contributed by atoms with E-state index in [0.29, 0.717) is 6.42 Å². The topological polar surface area (TPSA) is 54.4 Å². The Morgan fingerprint density at radius 3 is 1.27 bits per heavy atom. The third-order valence-electron chi connectivity index (χ3n) is 7.36. The largest absolute Gasteiger partial charge is 0.384 e. The van der Waals surface area contributed by atoms with E-state index in [0.717, 1.165) is 50.5 Å². The Bertz CT molecular complexity index is 1120. The summed E-state index contributed by atoms with van der Waals surface area (Å²) in [6, 6.07) is 0. The van der Waals surface area contributed by atoms with Crippen molar-refractivity contribution in [1.82, 2.24) is 0 Å². The van der Waals surface area contributed by atoms with E-state index in [1.54, 1.807) is 6.92 Å². The highest BCUT2D eigenvalue weighted by atomic mass is 32.2. The number of hydrogen-bond acceptors (Lipinski definition) is 3. The first-order valence-corrected chi connectivity index (χ1v) is 17.2. The van der Waals surface area contributed by atoms with Crippen LogP contribution in [0.5, 0.6) is 0 Å². The zero-order valence-electron chi connectivity index (χ0n) is 28.4. The van der Waals surface area contributed by atoms with Crippen LogP contribution in [0.15, 0.2) is 80.4 Å². The average Bonchev–Trinajstić information content (AvgIpc) is 2.85. The van der Waals surface area contributed by atoms with Crippen molar-refractivity contribution in [2.45, 2.75) is 146 Å². The summed E-state index contributed by atoms with van der Waals surface area (Å²) in [5.74, 6) is -0.0204. The molecule has 41 heavy (non-hydrogen) atoms. The van der Waals surface area contributed by atoms with Crippen LogP contribution in [0.25, 0.3) is 0 Å². The molecule has 0 aromatic heterocycles. The highest BCUT2D eigenvalue weighted by molar-refractivity contribution is 7.95. The lowest BCUT2D eigenvalue weighted by Crippen LogP contribution is -2.36. The van der Waals surface area contributed by atoms with Gasteiger partial charge in [-0.2, -0.15) is 0 Å². The first-order chi connectivity index (χ1) is 19.0. The van der Waals surface area contributed by atoms with Gasteiger partial charge in [0.15, 0.2) is 9.84 Å². The van der Waals surface area contributed by atoms with Crippen molar-refractivity contribution in [1.29, 1.82) is 0 Å². The van der Waals surface area contributed by atoms with Crippen molar-refractivity contribution in [3.63, 3.8) is 0 Å². The SMILES string of the molecule is CCS(=O)(=O)C(=C(C)CCC=C(C)C)C(O)(CC=C(C)CCC=C(C)C)CC=C(C)CCC=C(C)CCC=C(C)C. The van der Waals surface area contributed by atoms with Crippen molar-refractivity contribution >= 4 is 9.84 Å². The normalized spacial score (nSPS) is 15.2. The molecule has 234 valence electrons. The van der Waals surface area contributed by atoms with Gasteiger partial charge in [0, 0.05) is 0 Å². The zero-order chi connectivity index (χ0) is 31.6. The third-order valence-corrected chi connectivity index (χ3v) is 9.47. The van der Waals surface area contributed by atoms with Gasteiger partial charge in [0.05, 0.1) is 10.7 Å². The first kappa shape index (κ1) is 39.1. The average molecular weight is 587 g/mol. The summed E-state index contributed by atoms with van der Waals surface area (Å²) in [6.07, 6.45) is 20.8. The number of rotatable bonds is 19. The molecule has 1 unspecified atom stereocenters. The lowest BCUT2D eigenvalue weighted by atomic mass is 9.89. The van der Waals surface area contributed by atoms with Crippen LogP contribution >= 0.6 is 0 Å². The summed E-state index contributed by atoms with van der Waals surface area (Å²) < 4.78 is 27.0. The van der Waals surface area contributed by atoms with Gasteiger partial charge in [-0.25, -0.2) is 8.42 Å². The molecular weight excluding hydrogens is 524 g/mol. The molecule has 1 N–H and O–H groups in total. The molecule has 0 fully saturated rings. The van der Waals surface area contributed by atoms with Crippen molar-refractivity contribution in [3.05, 3.63) is 80.4 Å². The highest BCUT2D eigenvalue weighted by Crippen LogP contribution is 2.36. The lowest BCUT2D eigenvalue weighted by Gasteiger charge is -2.31. The molecule has 0 rings (SSSR count). The minimum Gasteiger partial charge on any atom is -0.384 e. The molecule has 0 amide bonds. The quantitative estimate of drug-likeness (QED) is 0.153. The molecule has 0 bridgehead atoms. The van der Waals surface area contributed by atoms with Crippen LogP contribution in [0.1, 0.15) is 140 Å². The van der Waals surface area contributed by atoms with E-state index >= 15 is 0 Å². The summed E-state index contributed by atoms with van der Waals surface area (Å²) in [5, 5.41) is 12.2. The van der Waals surface area contributed by atoms with Gasteiger partial charge in [-0.05, 0) is 133 Å². The molecule has 0 radical (unpaired) electrons. The summed E-state index contributed by atoms with van der Waals surface area (Å²) in [4.78, 5) is 0.224. The predicted molar refractivity (Wildman–Crippen MR) is 183 cm³/mol. The molecule has 0 aromatic rings. The second-order valence-electron chi connectivity index (χ2n) is 12.6. The Labute approximate surface area is 254 Å². The Kier molecular flexibility index (Phi) is 19.1. The van der Waals surface area contributed by atoms with Gasteiger partial charge in [0.1, 0.15) is 5.60 Å². The molecule has 0 heterocycles. The molecule has 0 saturated carbocycles. The first-order valence-electron chi connectivity index (χ1n) is 15.6. The molecular formula is C37H62O3S. The van der Waals surface area contributed by atoms with E-state index in [1.807, 2.05) is 6.92 Å². The molecule has 0 aliphatic rings. The maximum absolute atomic E-state index is 13.5. The zero-order valence-corrected chi connectivity index (χ0v) is 29.2. The van der Waals surface area contributed by atoms with E-state index in [-0.39, 0.29) is 23.5 Å². The maximum Gasteiger partial charge on any atom is 0.177 e. The number of aliphatic hydroxyl groups is 1. The molecule has 0 aromatic carbocycles. The second-order valence-corrected chi connectivity index (χ2v) is 14.8. The minimum atomic E-state index is -3.61. The highest BCUT2D eigenvalue weighted by Gasteiger charge is 2.38. The van der Waals surface area contributed by atoms with E-state index in [9.17, 15) is 13.5 Å². The van der Waals surface area contributed by atoms with Gasteiger partial charge >= 0.3 is 0 Å². The second kappa shape index (κ2) is 20.1. The fourth-order valence-corrected chi connectivity index (χ4v) is 6.44.